The van der Waals surface area contributed by atoms with Crippen LogP contribution >= 0.6 is 11.6 Å². The topological polar surface area (TPSA) is 58.6 Å². The first-order valence-corrected chi connectivity index (χ1v) is 10.4. The normalized spacial score (nSPS) is 19.1. The summed E-state index contributed by atoms with van der Waals surface area (Å²) in [5.74, 6) is -2.67. The summed E-state index contributed by atoms with van der Waals surface area (Å²) in [4.78, 5) is 26.8. The van der Waals surface area contributed by atoms with Gasteiger partial charge in [-0.05, 0) is 69.2 Å². The molecule has 3 rings (SSSR count). The van der Waals surface area contributed by atoms with E-state index in [0.717, 1.165) is 12.1 Å². The van der Waals surface area contributed by atoms with E-state index in [1.807, 2.05) is 0 Å². The van der Waals surface area contributed by atoms with Crippen LogP contribution in [0, 0.1) is 11.6 Å². The average Bonchev–Trinajstić information content (AvgIpc) is 2.69. The van der Waals surface area contributed by atoms with Crippen LogP contribution in [0.15, 0.2) is 42.5 Å². The quantitative estimate of drug-likeness (QED) is 0.704. The second kappa shape index (κ2) is 9.22. The second-order valence-electron chi connectivity index (χ2n) is 8.58. The molecule has 2 aromatic rings. The van der Waals surface area contributed by atoms with E-state index in [1.54, 1.807) is 45.0 Å². The number of nitrogens with zero attached hydrogens (tertiary/aromatic N) is 1. The molecule has 5 nitrogen and oxygen atoms in total. The molecule has 1 N–H and O–H groups in total. The number of carbonyl (C=O) groups is 2. The number of amides is 2. The smallest absolute Gasteiger partial charge is 0.410 e. The highest BCUT2D eigenvalue weighted by Gasteiger charge is 2.35. The molecule has 2 amide bonds. The van der Waals surface area contributed by atoms with Crippen molar-refractivity contribution in [1.82, 2.24) is 10.2 Å². The molecule has 2 atom stereocenters. The van der Waals surface area contributed by atoms with E-state index < -0.39 is 29.2 Å². The molecule has 1 fully saturated rings. The Labute approximate surface area is 185 Å². The van der Waals surface area contributed by atoms with Crippen molar-refractivity contribution in [3.63, 3.8) is 0 Å². The van der Waals surface area contributed by atoms with E-state index in [-0.39, 0.29) is 18.5 Å². The van der Waals surface area contributed by atoms with E-state index in [1.165, 1.54) is 11.0 Å². The molecule has 166 valence electrons. The number of ether oxygens (including phenoxy) is 1. The molecule has 1 saturated heterocycles. The van der Waals surface area contributed by atoms with Crippen LogP contribution in [0.3, 0.4) is 0 Å². The Morgan fingerprint density at radius 3 is 2.39 bits per heavy atom. The summed E-state index contributed by atoms with van der Waals surface area (Å²) in [6, 6.07) is 9.72. The zero-order valence-electron chi connectivity index (χ0n) is 17.6. The highest BCUT2D eigenvalue weighted by atomic mass is 35.5. The van der Waals surface area contributed by atoms with Gasteiger partial charge in [0.05, 0.1) is 0 Å². The van der Waals surface area contributed by atoms with Crippen LogP contribution < -0.4 is 5.32 Å². The second-order valence-corrected chi connectivity index (χ2v) is 9.02. The molecule has 2 aromatic carbocycles. The molecule has 0 aliphatic carbocycles. The minimum absolute atomic E-state index is 0.200. The minimum Gasteiger partial charge on any atom is -0.444 e. The summed E-state index contributed by atoms with van der Waals surface area (Å²) in [5, 5.41) is 3.48. The van der Waals surface area contributed by atoms with Gasteiger partial charge in [0.15, 0.2) is 11.6 Å². The van der Waals surface area contributed by atoms with Gasteiger partial charge in [0.1, 0.15) is 5.60 Å². The summed E-state index contributed by atoms with van der Waals surface area (Å²) in [7, 11) is 0. The van der Waals surface area contributed by atoms with Crippen molar-refractivity contribution >= 4 is 23.6 Å². The molecule has 31 heavy (non-hydrogen) atoms. The largest absolute Gasteiger partial charge is 0.444 e. The standard InChI is InChI=1S/C23H25ClF2N2O3/c1-23(2,3)31-22(30)28-11-10-20(27-21(29)14-4-7-16(24)8-5-14)17(13-28)15-6-9-18(25)19(26)12-15/h4-9,12,17,20H,10-11,13H2,1-3H3,(H,27,29). The molecular weight excluding hydrogens is 426 g/mol. The highest BCUT2D eigenvalue weighted by molar-refractivity contribution is 6.30. The van der Waals surface area contributed by atoms with E-state index >= 15 is 0 Å². The fourth-order valence-corrected chi connectivity index (χ4v) is 3.68. The Morgan fingerprint density at radius 1 is 1.10 bits per heavy atom. The number of piperidine rings is 1. The van der Waals surface area contributed by atoms with Crippen molar-refractivity contribution in [2.75, 3.05) is 13.1 Å². The summed E-state index contributed by atoms with van der Waals surface area (Å²) >= 11 is 5.88. The van der Waals surface area contributed by atoms with Gasteiger partial charge in [0.25, 0.3) is 5.91 Å². The Kier molecular flexibility index (Phi) is 6.84. The maximum absolute atomic E-state index is 13.9. The summed E-state index contributed by atoms with van der Waals surface area (Å²) in [6.07, 6.45) is -0.0510. The van der Waals surface area contributed by atoms with E-state index in [2.05, 4.69) is 5.32 Å². The first-order valence-electron chi connectivity index (χ1n) is 10.0. The number of halogens is 3. The molecule has 1 aliphatic rings. The fraction of sp³-hybridized carbons (Fsp3) is 0.391. The molecule has 0 spiro atoms. The Bertz CT molecular complexity index is 960. The SMILES string of the molecule is CC(C)(C)OC(=O)N1CCC(NC(=O)c2ccc(Cl)cc2)C(c2ccc(F)c(F)c2)C1. The molecule has 8 heteroatoms. The lowest BCUT2D eigenvalue weighted by molar-refractivity contribution is 0.0177. The van der Waals surface area contributed by atoms with Gasteiger partial charge in [0, 0.05) is 35.6 Å². The number of hydrogen-bond acceptors (Lipinski definition) is 3. The van der Waals surface area contributed by atoms with Gasteiger partial charge >= 0.3 is 6.09 Å². The summed E-state index contributed by atoms with van der Waals surface area (Å²) < 4.78 is 32.9. The van der Waals surface area contributed by atoms with Crippen LogP contribution in [-0.4, -0.2) is 41.6 Å². The zero-order chi connectivity index (χ0) is 22.8. The van der Waals surface area contributed by atoms with Gasteiger partial charge in [-0.1, -0.05) is 17.7 Å². The maximum atomic E-state index is 13.9. The van der Waals surface area contributed by atoms with Crippen molar-refractivity contribution in [3.8, 4) is 0 Å². The predicted octanol–water partition coefficient (Wildman–Crippen LogP) is 5.14. The average molecular weight is 451 g/mol. The third-order valence-corrected chi connectivity index (χ3v) is 5.31. The van der Waals surface area contributed by atoms with Gasteiger partial charge < -0.3 is 15.0 Å². The summed E-state index contributed by atoms with van der Waals surface area (Å²) in [6.45, 7) is 5.89. The van der Waals surface area contributed by atoms with Crippen molar-refractivity contribution in [2.24, 2.45) is 0 Å². The number of hydrogen-bond donors (Lipinski definition) is 1. The van der Waals surface area contributed by atoms with Crippen LogP contribution in [0.2, 0.25) is 5.02 Å². The van der Waals surface area contributed by atoms with E-state index in [9.17, 15) is 18.4 Å². The summed E-state index contributed by atoms with van der Waals surface area (Å²) in [5.41, 5.74) is 0.269. The van der Waals surface area contributed by atoms with Crippen LogP contribution in [0.25, 0.3) is 0 Å². The van der Waals surface area contributed by atoms with E-state index in [0.29, 0.717) is 29.1 Å². The Hall–Kier alpha value is -2.67. The number of likely N-dealkylation sites (tertiary alicyclic amines) is 1. The molecular formula is C23H25ClF2N2O3. The lowest BCUT2D eigenvalue weighted by Gasteiger charge is -2.39. The highest BCUT2D eigenvalue weighted by Crippen LogP contribution is 2.30. The molecule has 0 bridgehead atoms. The van der Waals surface area contributed by atoms with Crippen LogP contribution in [0.4, 0.5) is 13.6 Å². The van der Waals surface area contributed by atoms with Crippen molar-refractivity contribution in [1.29, 1.82) is 0 Å². The predicted molar refractivity (Wildman–Crippen MR) is 114 cm³/mol. The number of nitrogens with one attached hydrogen (secondary N) is 1. The molecule has 0 aromatic heterocycles. The first kappa shape index (κ1) is 23.0. The van der Waals surface area contributed by atoms with Gasteiger partial charge in [0.2, 0.25) is 0 Å². The van der Waals surface area contributed by atoms with Crippen molar-refractivity contribution in [2.45, 2.75) is 44.8 Å². The number of rotatable bonds is 3. The molecule has 1 aliphatic heterocycles. The maximum Gasteiger partial charge on any atom is 0.410 e. The van der Waals surface area contributed by atoms with Crippen molar-refractivity contribution in [3.05, 3.63) is 70.2 Å². The third-order valence-electron chi connectivity index (χ3n) is 5.06. The lowest BCUT2D eigenvalue weighted by atomic mass is 9.85. The lowest BCUT2D eigenvalue weighted by Crippen LogP contribution is -2.52. The monoisotopic (exact) mass is 450 g/mol. The van der Waals surface area contributed by atoms with Gasteiger partial charge in [-0.2, -0.15) is 0 Å². The molecule has 0 saturated carbocycles. The van der Waals surface area contributed by atoms with Gasteiger partial charge in [-0.3, -0.25) is 4.79 Å². The Morgan fingerprint density at radius 2 is 1.77 bits per heavy atom. The molecule has 2 unspecified atom stereocenters. The minimum atomic E-state index is -0.977. The molecule has 1 heterocycles. The van der Waals surface area contributed by atoms with Crippen LogP contribution in [-0.2, 0) is 4.74 Å². The Balaban J connectivity index is 1.83. The zero-order valence-corrected chi connectivity index (χ0v) is 18.4. The fourth-order valence-electron chi connectivity index (χ4n) is 3.55. The van der Waals surface area contributed by atoms with Gasteiger partial charge in [-0.15, -0.1) is 0 Å². The van der Waals surface area contributed by atoms with E-state index in [4.69, 9.17) is 16.3 Å². The first-order chi connectivity index (χ1) is 14.5. The number of carbonyl (C=O) groups excluding carboxylic acids is 2. The van der Waals surface area contributed by atoms with Crippen LogP contribution in [0.5, 0.6) is 0 Å². The molecule has 0 radical (unpaired) electrons. The number of benzene rings is 2. The van der Waals surface area contributed by atoms with Crippen molar-refractivity contribution < 1.29 is 23.1 Å². The van der Waals surface area contributed by atoms with Crippen LogP contribution in [0.1, 0.15) is 49.0 Å². The third kappa shape index (κ3) is 5.94. The van der Waals surface area contributed by atoms with Gasteiger partial charge in [-0.25, -0.2) is 13.6 Å².